The lowest BCUT2D eigenvalue weighted by Gasteiger charge is -2.16. The van der Waals surface area contributed by atoms with Gasteiger partial charge in [-0.1, -0.05) is 6.07 Å². The molecule has 0 aliphatic heterocycles. The summed E-state index contributed by atoms with van der Waals surface area (Å²) in [7, 11) is 1.83. The van der Waals surface area contributed by atoms with Gasteiger partial charge in [0, 0.05) is 24.7 Å². The molecular formula is C14H15FN2O2. The van der Waals surface area contributed by atoms with E-state index in [-0.39, 0.29) is 12.2 Å². The summed E-state index contributed by atoms with van der Waals surface area (Å²) in [6.45, 7) is 0.988. The third kappa shape index (κ3) is 3.26. The first kappa shape index (κ1) is 13.4. The SMILES string of the molecule is CN(CCC(=O)O)Cc1ccc(F)c2cccnc12. The quantitative estimate of drug-likeness (QED) is 0.898. The van der Waals surface area contributed by atoms with Gasteiger partial charge in [-0.2, -0.15) is 0 Å². The van der Waals surface area contributed by atoms with Gasteiger partial charge in [0.15, 0.2) is 0 Å². The van der Waals surface area contributed by atoms with Crippen LogP contribution in [0, 0.1) is 5.82 Å². The smallest absolute Gasteiger partial charge is 0.304 e. The molecule has 0 aliphatic carbocycles. The van der Waals surface area contributed by atoms with E-state index in [1.54, 1.807) is 24.4 Å². The van der Waals surface area contributed by atoms with Crippen LogP contribution in [0.3, 0.4) is 0 Å². The highest BCUT2D eigenvalue weighted by atomic mass is 19.1. The summed E-state index contributed by atoms with van der Waals surface area (Å²) in [5.74, 6) is -1.12. The number of aliphatic carboxylic acids is 1. The van der Waals surface area contributed by atoms with Crippen molar-refractivity contribution in [3.8, 4) is 0 Å². The topological polar surface area (TPSA) is 53.4 Å². The van der Waals surface area contributed by atoms with E-state index in [9.17, 15) is 9.18 Å². The van der Waals surface area contributed by atoms with E-state index in [1.165, 1.54) is 6.07 Å². The molecule has 19 heavy (non-hydrogen) atoms. The Balaban J connectivity index is 2.21. The first-order valence-corrected chi connectivity index (χ1v) is 6.00. The van der Waals surface area contributed by atoms with Gasteiger partial charge < -0.3 is 10.0 Å². The number of fused-ring (bicyclic) bond motifs is 1. The van der Waals surface area contributed by atoms with Gasteiger partial charge in [-0.3, -0.25) is 9.78 Å². The second kappa shape index (κ2) is 5.75. The van der Waals surface area contributed by atoms with Crippen LogP contribution in [-0.2, 0) is 11.3 Å². The van der Waals surface area contributed by atoms with Crippen molar-refractivity contribution in [1.29, 1.82) is 0 Å². The molecule has 0 saturated carbocycles. The Bertz CT molecular complexity index is 601. The fourth-order valence-electron chi connectivity index (χ4n) is 1.98. The maximum atomic E-state index is 13.6. The first-order valence-electron chi connectivity index (χ1n) is 6.00. The summed E-state index contributed by atoms with van der Waals surface area (Å²) in [4.78, 5) is 16.6. The van der Waals surface area contributed by atoms with Crippen molar-refractivity contribution in [3.63, 3.8) is 0 Å². The summed E-state index contributed by atoms with van der Waals surface area (Å²) >= 11 is 0. The molecule has 0 saturated heterocycles. The van der Waals surface area contributed by atoms with Gasteiger partial charge in [-0.25, -0.2) is 4.39 Å². The number of nitrogens with zero attached hydrogens (tertiary/aromatic N) is 2. The highest BCUT2D eigenvalue weighted by molar-refractivity contribution is 5.82. The van der Waals surface area contributed by atoms with Crippen molar-refractivity contribution in [2.45, 2.75) is 13.0 Å². The number of aromatic nitrogens is 1. The molecule has 0 atom stereocenters. The molecule has 1 aromatic heterocycles. The summed E-state index contributed by atoms with van der Waals surface area (Å²) < 4.78 is 13.6. The third-order valence-electron chi connectivity index (χ3n) is 2.95. The van der Waals surface area contributed by atoms with E-state index in [1.807, 2.05) is 11.9 Å². The fourth-order valence-corrected chi connectivity index (χ4v) is 1.98. The van der Waals surface area contributed by atoms with E-state index >= 15 is 0 Å². The highest BCUT2D eigenvalue weighted by Gasteiger charge is 2.09. The Morgan fingerprint density at radius 1 is 1.42 bits per heavy atom. The lowest BCUT2D eigenvalue weighted by molar-refractivity contribution is -0.137. The van der Waals surface area contributed by atoms with Crippen LogP contribution >= 0.6 is 0 Å². The van der Waals surface area contributed by atoms with E-state index in [0.717, 1.165) is 5.56 Å². The van der Waals surface area contributed by atoms with Crippen LogP contribution in [0.15, 0.2) is 30.5 Å². The molecule has 1 aromatic carbocycles. The van der Waals surface area contributed by atoms with Crippen molar-refractivity contribution >= 4 is 16.9 Å². The number of pyridine rings is 1. The van der Waals surface area contributed by atoms with Gasteiger partial charge in [-0.15, -0.1) is 0 Å². The van der Waals surface area contributed by atoms with Crippen molar-refractivity contribution in [2.75, 3.05) is 13.6 Å². The van der Waals surface area contributed by atoms with Gasteiger partial charge in [0.05, 0.1) is 11.9 Å². The van der Waals surface area contributed by atoms with E-state index in [0.29, 0.717) is 24.0 Å². The zero-order chi connectivity index (χ0) is 13.8. The minimum atomic E-state index is -0.825. The molecule has 4 nitrogen and oxygen atoms in total. The maximum absolute atomic E-state index is 13.6. The second-order valence-corrected chi connectivity index (χ2v) is 4.49. The molecule has 0 radical (unpaired) electrons. The number of hydrogen-bond donors (Lipinski definition) is 1. The number of carbonyl (C=O) groups is 1. The first-order chi connectivity index (χ1) is 9.08. The normalized spacial score (nSPS) is 11.1. The molecule has 2 rings (SSSR count). The van der Waals surface area contributed by atoms with Crippen LogP contribution in [0.25, 0.3) is 10.9 Å². The van der Waals surface area contributed by atoms with Crippen molar-refractivity contribution in [3.05, 3.63) is 41.8 Å². The number of hydrogen-bond acceptors (Lipinski definition) is 3. The summed E-state index contributed by atoms with van der Waals surface area (Å²) in [5, 5.41) is 9.14. The van der Waals surface area contributed by atoms with Gasteiger partial charge >= 0.3 is 5.97 Å². The van der Waals surface area contributed by atoms with E-state index in [2.05, 4.69) is 4.98 Å². The van der Waals surface area contributed by atoms with Crippen LogP contribution in [0.5, 0.6) is 0 Å². The highest BCUT2D eigenvalue weighted by Crippen LogP contribution is 2.20. The number of carboxylic acids is 1. The van der Waals surface area contributed by atoms with Crippen molar-refractivity contribution in [1.82, 2.24) is 9.88 Å². The van der Waals surface area contributed by atoms with Gasteiger partial charge in [0.1, 0.15) is 5.82 Å². The molecule has 1 N–H and O–H groups in total. The zero-order valence-corrected chi connectivity index (χ0v) is 10.6. The Kier molecular flexibility index (Phi) is 4.06. The molecule has 2 aromatic rings. The predicted octanol–water partition coefficient (Wildman–Crippen LogP) is 2.28. The van der Waals surface area contributed by atoms with Gasteiger partial charge in [0.25, 0.3) is 0 Å². The summed E-state index contributed by atoms with van der Waals surface area (Å²) in [6.07, 6.45) is 1.71. The lowest BCUT2D eigenvalue weighted by Crippen LogP contribution is -2.21. The molecular weight excluding hydrogens is 247 g/mol. The molecule has 1 heterocycles. The predicted molar refractivity (Wildman–Crippen MR) is 70.3 cm³/mol. The van der Waals surface area contributed by atoms with Crippen LogP contribution in [0.2, 0.25) is 0 Å². The van der Waals surface area contributed by atoms with Gasteiger partial charge in [0.2, 0.25) is 0 Å². The molecule has 0 unspecified atom stereocenters. The molecule has 100 valence electrons. The molecule has 0 fully saturated rings. The van der Waals surface area contributed by atoms with Crippen LogP contribution in [0.4, 0.5) is 4.39 Å². The molecule has 0 bridgehead atoms. The van der Waals surface area contributed by atoms with Crippen LogP contribution in [0.1, 0.15) is 12.0 Å². The van der Waals surface area contributed by atoms with Crippen LogP contribution < -0.4 is 0 Å². The summed E-state index contributed by atoms with van der Waals surface area (Å²) in [6, 6.07) is 6.51. The van der Waals surface area contributed by atoms with Crippen molar-refractivity contribution < 1.29 is 14.3 Å². The van der Waals surface area contributed by atoms with E-state index < -0.39 is 5.97 Å². The van der Waals surface area contributed by atoms with Gasteiger partial charge in [-0.05, 0) is 30.8 Å². The lowest BCUT2D eigenvalue weighted by atomic mass is 10.1. The Morgan fingerprint density at radius 3 is 2.95 bits per heavy atom. The average molecular weight is 262 g/mol. The molecule has 0 spiro atoms. The standard InChI is InChI=1S/C14H15FN2O2/c1-17(8-6-13(18)19)9-10-4-5-12(15)11-3-2-7-16-14(10)11/h2-5,7H,6,8-9H2,1H3,(H,18,19). The fraction of sp³-hybridized carbons (Fsp3) is 0.286. The van der Waals surface area contributed by atoms with Crippen LogP contribution in [-0.4, -0.2) is 34.6 Å². The largest absolute Gasteiger partial charge is 0.481 e. The minimum Gasteiger partial charge on any atom is -0.481 e. The number of benzene rings is 1. The second-order valence-electron chi connectivity index (χ2n) is 4.49. The third-order valence-corrected chi connectivity index (χ3v) is 2.95. The average Bonchev–Trinajstić information content (AvgIpc) is 2.40. The van der Waals surface area contributed by atoms with Crippen molar-refractivity contribution in [2.24, 2.45) is 0 Å². The number of rotatable bonds is 5. The Hall–Kier alpha value is -2.01. The zero-order valence-electron chi connectivity index (χ0n) is 10.6. The summed E-state index contributed by atoms with van der Waals surface area (Å²) in [5.41, 5.74) is 1.52. The molecule has 0 aliphatic rings. The number of carboxylic acid groups (broad SMARTS) is 1. The monoisotopic (exact) mass is 262 g/mol. The molecule has 0 amide bonds. The Labute approximate surface area is 110 Å². The Morgan fingerprint density at radius 2 is 2.21 bits per heavy atom. The molecule has 5 heteroatoms. The maximum Gasteiger partial charge on any atom is 0.304 e. The van der Waals surface area contributed by atoms with E-state index in [4.69, 9.17) is 5.11 Å². The number of halogens is 1. The minimum absolute atomic E-state index is 0.0864.